The summed E-state index contributed by atoms with van der Waals surface area (Å²) >= 11 is 0. The smallest absolute Gasteiger partial charge is 0.346 e. The molecule has 20 heavy (non-hydrogen) atoms. The van der Waals surface area contributed by atoms with Gasteiger partial charge in [-0.05, 0) is 6.92 Å². The van der Waals surface area contributed by atoms with Crippen LogP contribution in [0.1, 0.15) is 12.1 Å². The van der Waals surface area contributed by atoms with Crippen LogP contribution in [-0.4, -0.2) is 59.8 Å². The normalized spacial score (nSPS) is 30.2. The molecule has 0 unspecified atom stereocenters. The molecule has 9 heteroatoms. The Morgan fingerprint density at radius 3 is 2.85 bits per heavy atom. The summed E-state index contributed by atoms with van der Waals surface area (Å²) in [6.45, 7) is 1.26. The molecule has 0 spiro atoms. The summed E-state index contributed by atoms with van der Waals surface area (Å²) in [6, 6.07) is 0. The maximum atomic E-state index is 11.3. The van der Waals surface area contributed by atoms with Crippen LogP contribution in [0.5, 0.6) is 0 Å². The quantitative estimate of drug-likeness (QED) is 0.502. The maximum absolute atomic E-state index is 11.3. The van der Waals surface area contributed by atoms with E-state index in [0.29, 0.717) is 17.0 Å². The molecular formula is C11H14N4O5. The van der Waals surface area contributed by atoms with E-state index in [1.165, 1.54) is 10.8 Å². The topological polar surface area (TPSA) is 133 Å². The first-order valence-corrected chi connectivity index (χ1v) is 6.09. The highest BCUT2D eigenvalue weighted by Crippen LogP contribution is 2.32. The number of H-pyrrole nitrogens is 1. The van der Waals surface area contributed by atoms with Crippen LogP contribution >= 0.6 is 0 Å². The number of aromatic nitrogens is 4. The summed E-state index contributed by atoms with van der Waals surface area (Å²) in [5, 5.41) is 28.9. The number of nitrogens with zero attached hydrogens (tertiary/aromatic N) is 3. The van der Waals surface area contributed by atoms with Gasteiger partial charge in [0.2, 0.25) is 0 Å². The second-order valence-electron chi connectivity index (χ2n) is 4.68. The second kappa shape index (κ2) is 4.63. The van der Waals surface area contributed by atoms with Crippen LogP contribution < -0.4 is 5.69 Å². The van der Waals surface area contributed by atoms with Crippen LogP contribution in [0.15, 0.2) is 11.0 Å². The molecule has 3 heterocycles. The predicted molar refractivity (Wildman–Crippen MR) is 65.9 cm³/mol. The Kier molecular flexibility index (Phi) is 3.05. The van der Waals surface area contributed by atoms with Gasteiger partial charge in [-0.15, -0.1) is 0 Å². The molecule has 0 radical (unpaired) electrons. The molecule has 0 amide bonds. The fourth-order valence-electron chi connectivity index (χ4n) is 2.44. The number of aryl methyl sites for hydroxylation is 1. The lowest BCUT2D eigenvalue weighted by atomic mass is 10.1. The average molecular weight is 282 g/mol. The number of imidazole rings is 1. The van der Waals surface area contributed by atoms with Gasteiger partial charge in [-0.25, -0.2) is 9.78 Å². The van der Waals surface area contributed by atoms with Crippen LogP contribution in [0.25, 0.3) is 11.2 Å². The Hall–Kier alpha value is -1.81. The zero-order valence-corrected chi connectivity index (χ0v) is 10.6. The molecule has 9 nitrogen and oxygen atoms in total. The van der Waals surface area contributed by atoms with Gasteiger partial charge in [0.05, 0.1) is 12.8 Å². The Bertz CT molecular complexity index is 696. The monoisotopic (exact) mass is 282 g/mol. The summed E-state index contributed by atoms with van der Waals surface area (Å²) in [4.78, 5) is 21.6. The highest BCUT2D eigenvalue weighted by molar-refractivity contribution is 5.70. The molecule has 1 saturated heterocycles. The van der Waals surface area contributed by atoms with Crippen molar-refractivity contribution in [1.29, 1.82) is 0 Å². The van der Waals surface area contributed by atoms with Gasteiger partial charge in [0.15, 0.2) is 6.23 Å². The van der Waals surface area contributed by atoms with Gasteiger partial charge in [0, 0.05) is 0 Å². The van der Waals surface area contributed by atoms with Gasteiger partial charge in [0.1, 0.15) is 35.3 Å². The molecule has 0 saturated carbocycles. The van der Waals surface area contributed by atoms with Gasteiger partial charge in [-0.1, -0.05) is 0 Å². The van der Waals surface area contributed by atoms with Gasteiger partial charge < -0.3 is 20.1 Å². The molecule has 108 valence electrons. The zero-order chi connectivity index (χ0) is 14.4. The second-order valence-corrected chi connectivity index (χ2v) is 4.68. The van der Waals surface area contributed by atoms with Gasteiger partial charge in [-0.2, -0.15) is 4.98 Å². The van der Waals surface area contributed by atoms with Gasteiger partial charge in [0.25, 0.3) is 0 Å². The molecule has 1 aliphatic heterocycles. The Morgan fingerprint density at radius 2 is 2.20 bits per heavy atom. The summed E-state index contributed by atoms with van der Waals surface area (Å²) in [5.74, 6) is 0.485. The van der Waals surface area contributed by atoms with Crippen molar-refractivity contribution >= 4 is 11.2 Å². The van der Waals surface area contributed by atoms with E-state index in [0.717, 1.165) is 0 Å². The molecule has 0 aromatic carbocycles. The number of nitrogens with one attached hydrogen (secondary N) is 1. The highest BCUT2D eigenvalue weighted by Gasteiger charge is 2.44. The van der Waals surface area contributed by atoms with Gasteiger partial charge in [-0.3, -0.25) is 9.55 Å². The Labute approximate surface area is 112 Å². The molecule has 3 rings (SSSR count). The van der Waals surface area contributed by atoms with Crippen LogP contribution in [0.3, 0.4) is 0 Å². The lowest BCUT2D eigenvalue weighted by molar-refractivity contribution is -0.0519. The third-order valence-corrected chi connectivity index (χ3v) is 3.42. The number of ether oxygens (including phenoxy) is 1. The Morgan fingerprint density at radius 1 is 1.45 bits per heavy atom. The van der Waals surface area contributed by atoms with E-state index in [4.69, 9.17) is 9.84 Å². The van der Waals surface area contributed by atoms with Crippen molar-refractivity contribution in [2.75, 3.05) is 6.61 Å². The number of aliphatic hydroxyl groups excluding tert-OH is 3. The number of hydrogen-bond donors (Lipinski definition) is 4. The summed E-state index contributed by atoms with van der Waals surface area (Å²) in [6.07, 6.45) is -2.96. The first kappa shape index (κ1) is 13.2. The standard InChI is InChI=1S/C11H14N4O5/c1-4-13-5-2-12-11(19)14-9(5)15(4)10-8(18)7(17)6(3-16)20-10/h2,6-8,10,16-18H,3H2,1H3,(H,12,14,19)/t6-,7-,8-,10-/m1/s1. The lowest BCUT2D eigenvalue weighted by Crippen LogP contribution is -2.33. The number of aromatic amines is 1. The molecule has 4 N–H and O–H groups in total. The minimum absolute atomic E-state index is 0.345. The first-order valence-electron chi connectivity index (χ1n) is 6.09. The summed E-state index contributed by atoms with van der Waals surface area (Å²) in [5.41, 5.74) is 0.238. The maximum Gasteiger partial charge on any atom is 0.346 e. The van der Waals surface area contributed by atoms with E-state index in [2.05, 4.69) is 15.0 Å². The molecule has 2 aromatic heterocycles. The van der Waals surface area contributed by atoms with Gasteiger partial charge >= 0.3 is 5.69 Å². The molecule has 1 aliphatic rings. The molecule has 4 atom stereocenters. The van der Waals surface area contributed by atoms with Crippen molar-refractivity contribution < 1.29 is 20.1 Å². The zero-order valence-electron chi connectivity index (χ0n) is 10.6. The predicted octanol–water partition coefficient (Wildman–Crippen LogP) is -1.96. The van der Waals surface area contributed by atoms with Crippen LogP contribution in [0.4, 0.5) is 0 Å². The minimum atomic E-state index is -1.24. The van der Waals surface area contributed by atoms with E-state index < -0.39 is 36.8 Å². The number of hydrogen-bond acceptors (Lipinski definition) is 7. The molecule has 0 bridgehead atoms. The number of rotatable bonds is 2. The first-order chi connectivity index (χ1) is 9.52. The van der Waals surface area contributed by atoms with E-state index in [-0.39, 0.29) is 0 Å². The van der Waals surface area contributed by atoms with Crippen molar-refractivity contribution in [1.82, 2.24) is 19.5 Å². The average Bonchev–Trinajstić information content (AvgIpc) is 2.88. The Balaban J connectivity index is 2.13. The fraction of sp³-hybridized carbons (Fsp3) is 0.545. The molecule has 0 aliphatic carbocycles. The van der Waals surface area contributed by atoms with E-state index in [1.54, 1.807) is 6.92 Å². The van der Waals surface area contributed by atoms with Crippen molar-refractivity contribution in [3.63, 3.8) is 0 Å². The van der Waals surface area contributed by atoms with Crippen molar-refractivity contribution in [2.45, 2.75) is 31.5 Å². The third kappa shape index (κ3) is 1.83. The number of fused-ring (bicyclic) bond motifs is 1. The molecule has 1 fully saturated rings. The van der Waals surface area contributed by atoms with Crippen LogP contribution in [0.2, 0.25) is 0 Å². The SMILES string of the molecule is Cc1nc2cnc(=O)[nH]c2n1[C@@H]1O[C@H](CO)[C@@H](O)[C@H]1O. The molecular weight excluding hydrogens is 268 g/mol. The largest absolute Gasteiger partial charge is 0.394 e. The van der Waals surface area contributed by atoms with Crippen molar-refractivity contribution in [2.24, 2.45) is 0 Å². The van der Waals surface area contributed by atoms with Crippen molar-refractivity contribution in [3.8, 4) is 0 Å². The van der Waals surface area contributed by atoms with E-state index >= 15 is 0 Å². The van der Waals surface area contributed by atoms with Crippen LogP contribution in [-0.2, 0) is 4.74 Å². The van der Waals surface area contributed by atoms with Crippen molar-refractivity contribution in [3.05, 3.63) is 22.5 Å². The third-order valence-electron chi connectivity index (χ3n) is 3.42. The fourth-order valence-corrected chi connectivity index (χ4v) is 2.44. The highest BCUT2D eigenvalue weighted by atomic mass is 16.6. The van der Waals surface area contributed by atoms with E-state index in [1.807, 2.05) is 0 Å². The summed E-state index contributed by atoms with van der Waals surface area (Å²) in [7, 11) is 0. The van der Waals surface area contributed by atoms with E-state index in [9.17, 15) is 15.0 Å². The van der Waals surface area contributed by atoms with Crippen LogP contribution in [0, 0.1) is 6.92 Å². The minimum Gasteiger partial charge on any atom is -0.394 e. The summed E-state index contributed by atoms with van der Waals surface area (Å²) < 4.78 is 6.91. The molecule has 2 aromatic rings. The number of aliphatic hydroxyl groups is 3. The lowest BCUT2D eigenvalue weighted by Gasteiger charge is -2.18.